The number of nitrogens with zero attached hydrogens (tertiary/aromatic N) is 4. The second kappa shape index (κ2) is 12.8. The number of halogens is 2. The van der Waals surface area contributed by atoms with E-state index in [1.54, 1.807) is 23.0 Å². The summed E-state index contributed by atoms with van der Waals surface area (Å²) in [6.07, 6.45) is 3.57. The number of hydrogen-bond donors (Lipinski definition) is 2. The Hall–Kier alpha value is -5.00. The Kier molecular flexibility index (Phi) is 8.61. The van der Waals surface area contributed by atoms with Crippen molar-refractivity contribution >= 4 is 52.5 Å². The minimum Gasteiger partial charge on any atom is -0.481 e. The topological polar surface area (TPSA) is 151 Å². The summed E-state index contributed by atoms with van der Waals surface area (Å²) in [5.74, 6) is 0.608. The van der Waals surface area contributed by atoms with Crippen LogP contribution in [0.1, 0.15) is 28.8 Å². The molecule has 0 aliphatic carbocycles. The van der Waals surface area contributed by atoms with E-state index in [0.717, 1.165) is 6.29 Å². The third-order valence-corrected chi connectivity index (χ3v) is 8.79. The first kappa shape index (κ1) is 31.0. The number of aldehydes is 1. The molecule has 1 saturated heterocycles. The van der Waals surface area contributed by atoms with Gasteiger partial charge in [0.1, 0.15) is 11.8 Å². The molecular weight excluding hydrogens is 631 g/mol. The summed E-state index contributed by atoms with van der Waals surface area (Å²) < 4.78 is 12.7. The van der Waals surface area contributed by atoms with Crippen LogP contribution in [0.4, 0.5) is 4.79 Å². The maximum atomic E-state index is 11.8. The number of methoxy groups -OCH3 is 1. The summed E-state index contributed by atoms with van der Waals surface area (Å²) in [7, 11) is 3.31. The molecule has 234 valence electrons. The second-order valence-electron chi connectivity index (χ2n) is 10.8. The summed E-state index contributed by atoms with van der Waals surface area (Å²) in [6, 6.07) is 14.3. The van der Waals surface area contributed by atoms with Crippen LogP contribution >= 0.6 is 23.2 Å². The van der Waals surface area contributed by atoms with E-state index in [4.69, 9.17) is 43.4 Å². The number of hydrogen-bond acceptors (Lipinski definition) is 8. The van der Waals surface area contributed by atoms with Crippen molar-refractivity contribution < 1.29 is 23.9 Å². The fourth-order valence-electron chi connectivity index (χ4n) is 5.76. The summed E-state index contributed by atoms with van der Waals surface area (Å²) in [5, 5.41) is 4.31. The predicted octanol–water partition coefficient (Wildman–Crippen LogP) is 5.78. The fraction of sp³-hybridized carbons (Fsp3) is 0.212. The van der Waals surface area contributed by atoms with Crippen molar-refractivity contribution in [3.8, 4) is 39.7 Å². The van der Waals surface area contributed by atoms with E-state index in [9.17, 15) is 14.4 Å². The summed E-state index contributed by atoms with van der Waals surface area (Å²) in [6.45, 7) is 0. The number of aryl methyl sites for hydroxylation is 1. The van der Waals surface area contributed by atoms with Crippen LogP contribution in [0, 0.1) is 0 Å². The summed E-state index contributed by atoms with van der Waals surface area (Å²) in [5.41, 5.74) is 10.2. The molecule has 3 aromatic heterocycles. The number of primary amides is 1. The lowest BCUT2D eigenvalue weighted by Crippen LogP contribution is -2.42. The molecule has 11 nitrogen and oxygen atoms in total. The molecule has 0 saturated carbocycles. The molecule has 5 aromatic rings. The molecule has 1 fully saturated rings. The molecule has 3 N–H and O–H groups in total. The van der Waals surface area contributed by atoms with Crippen LogP contribution in [0.2, 0.25) is 10.0 Å². The highest BCUT2D eigenvalue weighted by atomic mass is 35.5. The van der Waals surface area contributed by atoms with Crippen LogP contribution in [0.5, 0.6) is 5.88 Å². The SMILES string of the molecule is COc1nc(-c2cccc(-c3cccc(-c4ncc5c(C=O)cn(C)c5n4)c3Cl)c2Cl)ccc1CC(OC(N)=O)C1CCC(=O)N1. The first-order valence-electron chi connectivity index (χ1n) is 14.3. The predicted molar refractivity (Wildman–Crippen MR) is 174 cm³/mol. The number of pyridine rings is 1. The van der Waals surface area contributed by atoms with Gasteiger partial charge in [-0.2, -0.15) is 0 Å². The van der Waals surface area contributed by atoms with Crippen molar-refractivity contribution in [2.24, 2.45) is 12.8 Å². The maximum absolute atomic E-state index is 11.8. The average molecular weight is 660 g/mol. The highest BCUT2D eigenvalue weighted by Gasteiger charge is 2.32. The molecule has 1 aliphatic heterocycles. The van der Waals surface area contributed by atoms with E-state index < -0.39 is 12.2 Å². The molecule has 13 heteroatoms. The van der Waals surface area contributed by atoms with Gasteiger partial charge < -0.3 is 25.1 Å². The zero-order valence-corrected chi connectivity index (χ0v) is 26.3. The van der Waals surface area contributed by atoms with Gasteiger partial charge in [-0.05, 0) is 18.6 Å². The number of fused-ring (bicyclic) bond motifs is 1. The van der Waals surface area contributed by atoms with E-state index >= 15 is 0 Å². The van der Waals surface area contributed by atoms with Crippen molar-refractivity contribution in [3.05, 3.63) is 82.1 Å². The number of rotatable bonds is 9. The first-order valence-corrected chi connectivity index (χ1v) is 15.1. The average Bonchev–Trinajstić information content (AvgIpc) is 3.63. The molecule has 2 atom stereocenters. The minimum atomic E-state index is -0.930. The van der Waals surface area contributed by atoms with E-state index in [2.05, 4.69) is 15.3 Å². The van der Waals surface area contributed by atoms with Crippen molar-refractivity contribution in [2.75, 3.05) is 7.11 Å². The Bertz CT molecular complexity index is 2010. The van der Waals surface area contributed by atoms with Gasteiger partial charge >= 0.3 is 6.09 Å². The number of aromatic nitrogens is 4. The highest BCUT2D eigenvalue weighted by molar-refractivity contribution is 6.39. The van der Waals surface area contributed by atoms with Gasteiger partial charge in [-0.3, -0.25) is 9.59 Å². The van der Waals surface area contributed by atoms with Crippen LogP contribution in [-0.4, -0.2) is 57.1 Å². The number of nitrogens with two attached hydrogens (primary N) is 1. The summed E-state index contributed by atoms with van der Waals surface area (Å²) >= 11 is 14.0. The molecule has 0 spiro atoms. The van der Waals surface area contributed by atoms with Crippen molar-refractivity contribution in [1.29, 1.82) is 0 Å². The van der Waals surface area contributed by atoms with E-state index in [1.807, 2.05) is 49.5 Å². The Labute approximate surface area is 273 Å². The third kappa shape index (κ3) is 5.86. The Morgan fingerprint density at radius 3 is 2.43 bits per heavy atom. The minimum absolute atomic E-state index is 0.110. The van der Waals surface area contributed by atoms with E-state index in [0.29, 0.717) is 84.7 Å². The van der Waals surface area contributed by atoms with Gasteiger partial charge in [-0.1, -0.05) is 59.6 Å². The zero-order valence-electron chi connectivity index (χ0n) is 24.8. The van der Waals surface area contributed by atoms with Crippen LogP contribution in [-0.2, 0) is 23.0 Å². The lowest BCUT2D eigenvalue weighted by Gasteiger charge is -2.23. The zero-order chi connectivity index (χ0) is 32.5. The third-order valence-electron chi connectivity index (χ3n) is 7.98. The number of carbonyl (C=O) groups is 3. The van der Waals surface area contributed by atoms with Crippen molar-refractivity contribution in [2.45, 2.75) is 31.4 Å². The lowest BCUT2D eigenvalue weighted by molar-refractivity contribution is -0.119. The quantitative estimate of drug-likeness (QED) is 0.189. The van der Waals surface area contributed by atoms with Gasteiger partial charge in [-0.15, -0.1) is 0 Å². The molecular formula is C33H28Cl2N6O5. The van der Waals surface area contributed by atoms with Gasteiger partial charge in [-0.25, -0.2) is 19.7 Å². The summed E-state index contributed by atoms with van der Waals surface area (Å²) in [4.78, 5) is 48.8. The molecule has 46 heavy (non-hydrogen) atoms. The molecule has 2 aromatic carbocycles. The molecule has 0 bridgehead atoms. The monoisotopic (exact) mass is 658 g/mol. The smallest absolute Gasteiger partial charge is 0.404 e. The van der Waals surface area contributed by atoms with E-state index in [1.165, 1.54) is 7.11 Å². The van der Waals surface area contributed by atoms with Gasteiger partial charge in [0, 0.05) is 71.0 Å². The molecule has 6 rings (SSSR count). The van der Waals surface area contributed by atoms with E-state index in [-0.39, 0.29) is 18.4 Å². The van der Waals surface area contributed by atoms with Crippen LogP contribution in [0.3, 0.4) is 0 Å². The number of amides is 2. The number of nitrogens with one attached hydrogen (secondary N) is 1. The molecule has 1 aliphatic rings. The van der Waals surface area contributed by atoms with Crippen LogP contribution in [0.25, 0.3) is 44.8 Å². The molecule has 2 amide bonds. The standard InChI is InChI=1S/C33H28Cl2N6O5/c1-41-15-18(16-42)23-14-37-30(40-31(23)41)22-8-4-6-20(29(22)35)19-5-3-7-21(28(19)34)24-10-9-17(32(39-24)45-2)13-26(46-33(36)44)25-11-12-27(43)38-25/h3-10,14-16,25-26H,11-13H2,1-2H3,(H2,36,44)(H,38,43). The van der Waals surface area contributed by atoms with Crippen LogP contribution < -0.4 is 15.8 Å². The van der Waals surface area contributed by atoms with Gasteiger partial charge in [0.2, 0.25) is 11.8 Å². The molecule has 4 heterocycles. The normalized spacial score (nSPS) is 15.0. The van der Waals surface area contributed by atoms with Crippen LogP contribution in [0.15, 0.2) is 60.9 Å². The largest absolute Gasteiger partial charge is 0.481 e. The Morgan fingerprint density at radius 2 is 1.78 bits per heavy atom. The maximum Gasteiger partial charge on any atom is 0.404 e. The number of benzene rings is 2. The number of carbonyl (C=O) groups excluding carboxylic acids is 3. The van der Waals surface area contributed by atoms with Gasteiger partial charge in [0.05, 0.1) is 28.9 Å². The lowest BCUT2D eigenvalue weighted by atomic mass is 9.98. The van der Waals surface area contributed by atoms with Crippen molar-refractivity contribution in [3.63, 3.8) is 0 Å². The van der Waals surface area contributed by atoms with Gasteiger partial charge in [0.25, 0.3) is 0 Å². The second-order valence-corrected chi connectivity index (χ2v) is 11.6. The number of ether oxygens (including phenoxy) is 2. The Balaban J connectivity index is 1.34. The first-order chi connectivity index (χ1) is 22.2. The van der Waals surface area contributed by atoms with Gasteiger partial charge in [0.15, 0.2) is 12.1 Å². The van der Waals surface area contributed by atoms with Crippen molar-refractivity contribution in [1.82, 2.24) is 24.8 Å². The Morgan fingerprint density at radius 1 is 1.09 bits per heavy atom. The molecule has 2 unspecified atom stereocenters. The highest BCUT2D eigenvalue weighted by Crippen LogP contribution is 2.42. The fourth-order valence-corrected chi connectivity index (χ4v) is 6.40. The molecule has 0 radical (unpaired) electrons.